The second kappa shape index (κ2) is 7.02. The highest BCUT2D eigenvalue weighted by Gasteiger charge is 2.17. The van der Waals surface area contributed by atoms with Crippen LogP contribution < -0.4 is 11.1 Å². The average molecular weight is 304 g/mol. The lowest BCUT2D eigenvalue weighted by atomic mass is 10.1. The van der Waals surface area contributed by atoms with E-state index in [2.05, 4.69) is 5.32 Å². The number of nitrogens with two attached hydrogens (primary N) is 1. The van der Waals surface area contributed by atoms with Crippen LogP contribution in [0, 0.1) is 0 Å². The molecule has 2 atom stereocenters. The summed E-state index contributed by atoms with van der Waals surface area (Å²) in [5.74, 6) is -0.369. The molecule has 0 fully saturated rings. The first-order valence-electron chi connectivity index (χ1n) is 6.02. The maximum absolute atomic E-state index is 11.8. The number of carbonyl (C=O) groups is 1. The number of amides is 1. The van der Waals surface area contributed by atoms with Gasteiger partial charge in [-0.3, -0.25) is 4.79 Å². The summed E-state index contributed by atoms with van der Waals surface area (Å²) in [6.45, 7) is 1.90. The van der Waals surface area contributed by atoms with Crippen molar-refractivity contribution in [2.45, 2.75) is 31.8 Å². The van der Waals surface area contributed by atoms with Crippen LogP contribution in [-0.2, 0) is 21.1 Å². The number of rotatable bonds is 7. The Morgan fingerprint density at radius 3 is 2.74 bits per heavy atom. The van der Waals surface area contributed by atoms with Crippen LogP contribution in [0.2, 0.25) is 0 Å². The molecular weight excluding hydrogens is 284 g/mol. The van der Waals surface area contributed by atoms with E-state index in [0.717, 1.165) is 12.7 Å². The molecule has 7 heteroatoms. The molecule has 0 aliphatic heterocycles. The normalized spacial score (nSPS) is 14.9. The van der Waals surface area contributed by atoms with E-state index in [1.54, 1.807) is 11.3 Å². The monoisotopic (exact) mass is 304 g/mol. The van der Waals surface area contributed by atoms with Gasteiger partial charge in [0.15, 0.2) is 0 Å². The minimum Gasteiger partial charge on any atom is -0.352 e. The van der Waals surface area contributed by atoms with Gasteiger partial charge in [0.1, 0.15) is 9.84 Å². The highest BCUT2D eigenvalue weighted by Crippen LogP contribution is 2.08. The lowest BCUT2D eigenvalue weighted by molar-refractivity contribution is -0.122. The molecule has 0 spiro atoms. The molecule has 1 aromatic heterocycles. The average Bonchev–Trinajstić information content (AvgIpc) is 2.77. The Hall–Kier alpha value is -0.920. The molecule has 0 aliphatic carbocycles. The zero-order chi connectivity index (χ0) is 14.5. The molecule has 2 unspecified atom stereocenters. The van der Waals surface area contributed by atoms with Crippen LogP contribution in [0.5, 0.6) is 0 Å². The number of sulfone groups is 1. The van der Waals surface area contributed by atoms with Crippen LogP contribution in [-0.4, -0.2) is 38.4 Å². The van der Waals surface area contributed by atoms with E-state index < -0.39 is 15.9 Å². The highest BCUT2D eigenvalue weighted by molar-refractivity contribution is 7.90. The molecule has 108 valence electrons. The summed E-state index contributed by atoms with van der Waals surface area (Å²) in [6, 6.07) is 1.21. The van der Waals surface area contributed by atoms with Gasteiger partial charge in [-0.2, -0.15) is 11.3 Å². The Labute approximate surface area is 118 Å². The van der Waals surface area contributed by atoms with E-state index in [4.69, 9.17) is 5.73 Å². The first kappa shape index (κ1) is 16.1. The summed E-state index contributed by atoms with van der Waals surface area (Å²) in [4.78, 5) is 11.8. The first-order valence-corrected chi connectivity index (χ1v) is 9.03. The highest BCUT2D eigenvalue weighted by atomic mass is 32.2. The molecule has 0 aliphatic rings. The van der Waals surface area contributed by atoms with Crippen molar-refractivity contribution in [2.75, 3.05) is 12.0 Å². The lowest BCUT2D eigenvalue weighted by Crippen LogP contribution is -2.45. The Bertz CT molecular complexity index is 497. The maximum Gasteiger partial charge on any atom is 0.237 e. The molecular formula is C12H20N2O3S2. The summed E-state index contributed by atoms with van der Waals surface area (Å²) in [5, 5.41) is 6.82. The third-order valence-electron chi connectivity index (χ3n) is 2.65. The molecule has 0 saturated carbocycles. The Kier molecular flexibility index (Phi) is 5.96. The van der Waals surface area contributed by atoms with Crippen molar-refractivity contribution in [2.24, 2.45) is 5.73 Å². The van der Waals surface area contributed by atoms with Crippen molar-refractivity contribution in [3.05, 3.63) is 22.4 Å². The standard InChI is InChI=1S/C12H20N2O3S2/c1-9(7-10-3-5-18-8-10)14-12(15)11(13)4-6-19(2,16)17/h3,5,8-9,11H,4,6-7,13H2,1-2H3,(H,14,15). The number of hydrogen-bond donors (Lipinski definition) is 2. The van der Waals surface area contributed by atoms with E-state index in [-0.39, 0.29) is 24.1 Å². The van der Waals surface area contributed by atoms with E-state index in [0.29, 0.717) is 0 Å². The zero-order valence-electron chi connectivity index (χ0n) is 11.1. The van der Waals surface area contributed by atoms with Gasteiger partial charge in [0, 0.05) is 12.3 Å². The first-order chi connectivity index (χ1) is 8.78. The molecule has 1 aromatic rings. The number of carbonyl (C=O) groups excluding carboxylic acids is 1. The van der Waals surface area contributed by atoms with Crippen LogP contribution in [0.25, 0.3) is 0 Å². The topological polar surface area (TPSA) is 89.3 Å². The van der Waals surface area contributed by atoms with Gasteiger partial charge in [-0.1, -0.05) is 0 Å². The van der Waals surface area contributed by atoms with Gasteiger partial charge in [-0.05, 0) is 42.2 Å². The molecule has 1 heterocycles. The Morgan fingerprint density at radius 1 is 1.53 bits per heavy atom. The summed E-state index contributed by atoms with van der Waals surface area (Å²) in [5.41, 5.74) is 6.84. The fourth-order valence-corrected chi connectivity index (χ4v) is 3.00. The summed E-state index contributed by atoms with van der Waals surface area (Å²) in [7, 11) is -3.08. The van der Waals surface area contributed by atoms with Gasteiger partial charge in [0.25, 0.3) is 0 Å². The van der Waals surface area contributed by atoms with Crippen molar-refractivity contribution in [3.8, 4) is 0 Å². The quantitative estimate of drug-likeness (QED) is 0.770. The second-order valence-corrected chi connectivity index (χ2v) is 7.81. The third-order valence-corrected chi connectivity index (χ3v) is 4.36. The fourth-order valence-electron chi connectivity index (χ4n) is 1.64. The van der Waals surface area contributed by atoms with Crippen molar-refractivity contribution < 1.29 is 13.2 Å². The maximum atomic E-state index is 11.8. The molecule has 3 N–H and O–H groups in total. The van der Waals surface area contributed by atoms with Crippen molar-refractivity contribution in [3.63, 3.8) is 0 Å². The van der Waals surface area contributed by atoms with E-state index in [9.17, 15) is 13.2 Å². The Morgan fingerprint density at radius 2 is 2.21 bits per heavy atom. The molecule has 1 rings (SSSR count). The van der Waals surface area contributed by atoms with Crippen molar-refractivity contribution >= 4 is 27.1 Å². The van der Waals surface area contributed by atoms with Gasteiger partial charge in [-0.15, -0.1) is 0 Å². The summed E-state index contributed by atoms with van der Waals surface area (Å²) < 4.78 is 22.0. The summed E-state index contributed by atoms with van der Waals surface area (Å²) in [6.07, 6.45) is 2.03. The van der Waals surface area contributed by atoms with Gasteiger partial charge in [0.05, 0.1) is 11.8 Å². The molecule has 1 amide bonds. The third kappa shape index (κ3) is 6.70. The number of thiophene rings is 1. The molecule has 0 radical (unpaired) electrons. The zero-order valence-corrected chi connectivity index (χ0v) is 12.8. The van der Waals surface area contributed by atoms with Crippen LogP contribution in [0.4, 0.5) is 0 Å². The van der Waals surface area contributed by atoms with Gasteiger partial charge >= 0.3 is 0 Å². The van der Waals surface area contributed by atoms with Crippen molar-refractivity contribution in [1.29, 1.82) is 0 Å². The van der Waals surface area contributed by atoms with Crippen molar-refractivity contribution in [1.82, 2.24) is 5.32 Å². The second-order valence-electron chi connectivity index (χ2n) is 4.77. The van der Waals surface area contributed by atoms with Crippen LogP contribution >= 0.6 is 11.3 Å². The molecule has 0 bridgehead atoms. The fraction of sp³-hybridized carbons (Fsp3) is 0.583. The molecule has 5 nitrogen and oxygen atoms in total. The minimum absolute atomic E-state index is 0.0219. The predicted octanol–water partition coefficient (Wildman–Crippen LogP) is 0.557. The van der Waals surface area contributed by atoms with Gasteiger partial charge < -0.3 is 11.1 Å². The minimum atomic E-state index is -3.08. The van der Waals surface area contributed by atoms with Gasteiger partial charge in [-0.25, -0.2) is 8.42 Å². The smallest absolute Gasteiger partial charge is 0.237 e. The predicted molar refractivity (Wildman–Crippen MR) is 77.9 cm³/mol. The number of nitrogens with one attached hydrogen (secondary N) is 1. The van der Waals surface area contributed by atoms with E-state index >= 15 is 0 Å². The lowest BCUT2D eigenvalue weighted by Gasteiger charge is -2.17. The SMILES string of the molecule is CC(Cc1ccsc1)NC(=O)C(N)CCS(C)(=O)=O. The Balaban J connectivity index is 2.37. The molecule has 19 heavy (non-hydrogen) atoms. The molecule has 0 saturated heterocycles. The number of hydrogen-bond acceptors (Lipinski definition) is 5. The van der Waals surface area contributed by atoms with Crippen LogP contribution in [0.15, 0.2) is 16.8 Å². The van der Waals surface area contributed by atoms with Crippen LogP contribution in [0.3, 0.4) is 0 Å². The van der Waals surface area contributed by atoms with E-state index in [1.807, 2.05) is 23.8 Å². The molecule has 0 aromatic carbocycles. The largest absolute Gasteiger partial charge is 0.352 e. The summed E-state index contributed by atoms with van der Waals surface area (Å²) >= 11 is 1.61. The van der Waals surface area contributed by atoms with Crippen LogP contribution in [0.1, 0.15) is 18.9 Å². The van der Waals surface area contributed by atoms with Gasteiger partial charge in [0.2, 0.25) is 5.91 Å². The van der Waals surface area contributed by atoms with E-state index in [1.165, 1.54) is 5.56 Å².